The molecule has 2 rings (SSSR count). The van der Waals surface area contributed by atoms with E-state index in [9.17, 15) is 0 Å². The van der Waals surface area contributed by atoms with E-state index in [0.29, 0.717) is 5.38 Å². The van der Waals surface area contributed by atoms with Gasteiger partial charge < -0.3 is 0 Å². The molecule has 1 nitrogen and oxygen atoms in total. The van der Waals surface area contributed by atoms with E-state index in [1.165, 1.54) is 25.7 Å². The molecular weight excluding hydrogens is 286 g/mol. The van der Waals surface area contributed by atoms with Crippen molar-refractivity contribution in [1.82, 2.24) is 4.98 Å². The summed E-state index contributed by atoms with van der Waals surface area (Å²) in [5, 5.41) is 0.341. The summed E-state index contributed by atoms with van der Waals surface area (Å²) in [5.41, 5.74) is 1.15. The van der Waals surface area contributed by atoms with Crippen molar-refractivity contribution in [3.8, 4) is 0 Å². The summed E-state index contributed by atoms with van der Waals surface area (Å²) in [6.07, 6.45) is 9.28. The molecule has 0 bridgehead atoms. The first kappa shape index (κ1) is 12.4. The number of hydrogen-bond acceptors (Lipinski definition) is 1. The summed E-state index contributed by atoms with van der Waals surface area (Å²) in [4.78, 5) is 4.37. The van der Waals surface area contributed by atoms with Crippen LogP contribution >= 0.6 is 27.5 Å². The molecule has 0 aromatic carbocycles. The summed E-state index contributed by atoms with van der Waals surface area (Å²) < 4.78 is 1.04. The molecule has 0 aliphatic heterocycles. The molecule has 1 fully saturated rings. The first-order chi connectivity index (χ1) is 7.75. The van der Waals surface area contributed by atoms with Crippen molar-refractivity contribution in [2.24, 2.45) is 5.92 Å². The van der Waals surface area contributed by atoms with Crippen molar-refractivity contribution in [1.29, 1.82) is 0 Å². The molecule has 0 N–H and O–H groups in total. The second-order valence-electron chi connectivity index (χ2n) is 4.57. The van der Waals surface area contributed by atoms with Crippen LogP contribution in [0, 0.1) is 5.92 Å². The number of aryl methyl sites for hydroxylation is 1. The lowest BCUT2D eigenvalue weighted by Gasteiger charge is -2.16. The molecule has 1 heterocycles. The Bertz CT molecular complexity index is 319. The Morgan fingerprint density at radius 1 is 1.38 bits per heavy atom. The number of hydrogen-bond donors (Lipinski definition) is 0. The van der Waals surface area contributed by atoms with Gasteiger partial charge in [-0.05, 0) is 59.7 Å². The normalized spacial score (nSPS) is 18.9. The monoisotopic (exact) mass is 301 g/mol. The molecule has 1 aliphatic rings. The zero-order chi connectivity index (χ0) is 11.4. The Morgan fingerprint density at radius 2 is 2.12 bits per heavy atom. The van der Waals surface area contributed by atoms with Crippen molar-refractivity contribution in [2.45, 2.75) is 43.9 Å². The summed E-state index contributed by atoms with van der Waals surface area (Å²) in [6, 6.07) is 4.11. The molecule has 0 radical (unpaired) electrons. The minimum atomic E-state index is 0.341. The molecule has 16 heavy (non-hydrogen) atoms. The van der Waals surface area contributed by atoms with Crippen LogP contribution in [-0.2, 0) is 6.42 Å². The quantitative estimate of drug-likeness (QED) is 0.742. The highest BCUT2D eigenvalue weighted by molar-refractivity contribution is 9.10. The molecule has 1 unspecified atom stereocenters. The molecule has 0 saturated heterocycles. The lowest BCUT2D eigenvalue weighted by molar-refractivity contribution is 0.491. The van der Waals surface area contributed by atoms with Gasteiger partial charge in [-0.25, -0.2) is 0 Å². The summed E-state index contributed by atoms with van der Waals surface area (Å²) >= 11 is 9.82. The average Bonchev–Trinajstić information content (AvgIpc) is 2.81. The lowest BCUT2D eigenvalue weighted by Crippen LogP contribution is -2.12. The van der Waals surface area contributed by atoms with Gasteiger partial charge in [0.1, 0.15) is 0 Å². The Balaban J connectivity index is 1.80. The third kappa shape index (κ3) is 3.46. The van der Waals surface area contributed by atoms with Crippen molar-refractivity contribution in [3.63, 3.8) is 0 Å². The molecule has 0 amide bonds. The molecule has 1 aromatic rings. The van der Waals surface area contributed by atoms with Gasteiger partial charge in [-0.3, -0.25) is 4.98 Å². The first-order valence-electron chi connectivity index (χ1n) is 6.00. The molecule has 1 aromatic heterocycles. The Labute approximate surface area is 111 Å². The van der Waals surface area contributed by atoms with Gasteiger partial charge >= 0.3 is 0 Å². The topological polar surface area (TPSA) is 12.9 Å². The van der Waals surface area contributed by atoms with Crippen molar-refractivity contribution in [3.05, 3.63) is 28.5 Å². The van der Waals surface area contributed by atoms with Crippen LogP contribution in [0.3, 0.4) is 0 Å². The molecule has 3 heteroatoms. The molecule has 1 atom stereocenters. The van der Waals surface area contributed by atoms with Crippen LogP contribution in [0.5, 0.6) is 0 Å². The molecule has 1 aliphatic carbocycles. The van der Waals surface area contributed by atoms with E-state index in [0.717, 1.165) is 28.9 Å². The number of rotatable bonds is 4. The van der Waals surface area contributed by atoms with Crippen LogP contribution in [-0.4, -0.2) is 10.4 Å². The standard InChI is InChI=1S/C13H17BrClN/c14-11-5-6-12(16-9-11)7-8-13(15)10-3-1-2-4-10/h5-6,9-10,13H,1-4,7-8H2. The van der Waals surface area contributed by atoms with Gasteiger partial charge in [0, 0.05) is 21.7 Å². The van der Waals surface area contributed by atoms with Crippen LogP contribution < -0.4 is 0 Å². The van der Waals surface area contributed by atoms with E-state index >= 15 is 0 Å². The minimum Gasteiger partial charge on any atom is -0.260 e. The Hall–Kier alpha value is -0.0800. The maximum absolute atomic E-state index is 6.43. The number of nitrogens with zero attached hydrogens (tertiary/aromatic N) is 1. The first-order valence-corrected chi connectivity index (χ1v) is 7.23. The zero-order valence-corrected chi connectivity index (χ0v) is 11.7. The van der Waals surface area contributed by atoms with Crippen LogP contribution in [0.4, 0.5) is 0 Å². The maximum Gasteiger partial charge on any atom is 0.0413 e. The third-order valence-corrected chi connectivity index (χ3v) is 4.42. The molecule has 0 spiro atoms. The smallest absolute Gasteiger partial charge is 0.0413 e. The lowest BCUT2D eigenvalue weighted by atomic mass is 9.99. The predicted octanol–water partition coefficient (Wildman–Crippen LogP) is 4.57. The highest BCUT2D eigenvalue weighted by Gasteiger charge is 2.22. The van der Waals surface area contributed by atoms with Gasteiger partial charge in [-0.1, -0.05) is 12.8 Å². The van der Waals surface area contributed by atoms with E-state index in [2.05, 4.69) is 27.0 Å². The zero-order valence-electron chi connectivity index (χ0n) is 9.33. The second-order valence-corrected chi connectivity index (χ2v) is 6.04. The third-order valence-electron chi connectivity index (χ3n) is 3.38. The van der Waals surface area contributed by atoms with E-state index in [1.54, 1.807) is 0 Å². The van der Waals surface area contributed by atoms with E-state index < -0.39 is 0 Å². The maximum atomic E-state index is 6.43. The highest BCUT2D eigenvalue weighted by atomic mass is 79.9. The predicted molar refractivity (Wildman–Crippen MR) is 71.9 cm³/mol. The van der Waals surface area contributed by atoms with Crippen molar-refractivity contribution >= 4 is 27.5 Å². The van der Waals surface area contributed by atoms with Gasteiger partial charge in [-0.2, -0.15) is 0 Å². The summed E-state index contributed by atoms with van der Waals surface area (Å²) in [7, 11) is 0. The van der Waals surface area contributed by atoms with E-state index in [-0.39, 0.29) is 0 Å². The van der Waals surface area contributed by atoms with Crippen LogP contribution in [0.25, 0.3) is 0 Å². The number of pyridine rings is 1. The van der Waals surface area contributed by atoms with Crippen molar-refractivity contribution in [2.75, 3.05) is 0 Å². The van der Waals surface area contributed by atoms with Crippen molar-refractivity contribution < 1.29 is 0 Å². The molecular formula is C13H17BrClN. The fraction of sp³-hybridized carbons (Fsp3) is 0.615. The second kappa shape index (κ2) is 6.02. The average molecular weight is 303 g/mol. The van der Waals surface area contributed by atoms with Gasteiger partial charge in [-0.15, -0.1) is 11.6 Å². The number of alkyl halides is 1. The fourth-order valence-corrected chi connectivity index (χ4v) is 2.99. The Morgan fingerprint density at radius 3 is 2.75 bits per heavy atom. The number of halogens is 2. The van der Waals surface area contributed by atoms with Gasteiger partial charge in [0.2, 0.25) is 0 Å². The SMILES string of the molecule is ClC(CCc1ccc(Br)cn1)C1CCCC1. The van der Waals surface area contributed by atoms with E-state index in [1.807, 2.05) is 12.3 Å². The Kier molecular flexibility index (Phi) is 4.66. The largest absolute Gasteiger partial charge is 0.260 e. The number of aromatic nitrogens is 1. The van der Waals surface area contributed by atoms with Crippen LogP contribution in [0.1, 0.15) is 37.8 Å². The highest BCUT2D eigenvalue weighted by Crippen LogP contribution is 2.32. The summed E-state index contributed by atoms with van der Waals surface area (Å²) in [6.45, 7) is 0. The van der Waals surface area contributed by atoms with Gasteiger partial charge in [0.05, 0.1) is 0 Å². The molecule has 88 valence electrons. The van der Waals surface area contributed by atoms with Crippen LogP contribution in [0.15, 0.2) is 22.8 Å². The van der Waals surface area contributed by atoms with E-state index in [4.69, 9.17) is 11.6 Å². The van der Waals surface area contributed by atoms with Crippen LogP contribution in [0.2, 0.25) is 0 Å². The van der Waals surface area contributed by atoms with Gasteiger partial charge in [0.25, 0.3) is 0 Å². The molecule has 1 saturated carbocycles. The minimum absolute atomic E-state index is 0.341. The fourth-order valence-electron chi connectivity index (χ4n) is 2.39. The summed E-state index contributed by atoms with van der Waals surface area (Å²) in [5.74, 6) is 0.747. The van der Waals surface area contributed by atoms with Gasteiger partial charge in [0.15, 0.2) is 0 Å².